The Labute approximate surface area is 240 Å². The largest absolute Gasteiger partial charge is 0.391 e. The first kappa shape index (κ1) is 31.1. The van der Waals surface area contributed by atoms with Crippen LogP contribution in [0, 0.1) is 11.8 Å². The molecule has 2 fully saturated rings. The zero-order chi connectivity index (χ0) is 28.7. The minimum atomic E-state index is -4.05. The van der Waals surface area contributed by atoms with Gasteiger partial charge in [0.2, 0.25) is 0 Å². The van der Waals surface area contributed by atoms with E-state index >= 15 is 0 Å². The summed E-state index contributed by atoms with van der Waals surface area (Å²) in [7, 11) is 2.26. The Kier molecular flexibility index (Phi) is 11.1. The lowest BCUT2D eigenvalue weighted by atomic mass is 9.94. The van der Waals surface area contributed by atoms with Crippen molar-refractivity contribution in [1.29, 1.82) is 0 Å². The van der Waals surface area contributed by atoms with Crippen LogP contribution in [0.2, 0.25) is 0 Å². The number of hydrogen-bond donors (Lipinski definition) is 0. The Balaban J connectivity index is 1.12. The lowest BCUT2D eigenvalue weighted by molar-refractivity contribution is -0.185. The van der Waals surface area contributed by atoms with Crippen molar-refractivity contribution in [3.8, 4) is 0 Å². The predicted octanol–water partition coefficient (Wildman–Crippen LogP) is 7.92. The number of hydrogen-bond acceptors (Lipinski definition) is 3. The molecule has 2 heterocycles. The SMILES string of the molecule is CC(C)c1ccc(CN2CCC(CN(C)CC[C@H](C)c3ccc(CN4CCC(C(F)(F)F)CC4)cc3)CC2)cc1. The number of nitrogens with zero attached hydrogens (tertiary/aromatic N) is 3. The molecule has 40 heavy (non-hydrogen) atoms. The molecule has 0 unspecified atom stereocenters. The molecule has 2 aliphatic rings. The van der Waals surface area contributed by atoms with Gasteiger partial charge in [0.25, 0.3) is 0 Å². The number of rotatable bonds is 11. The van der Waals surface area contributed by atoms with Crippen LogP contribution in [0.5, 0.6) is 0 Å². The highest BCUT2D eigenvalue weighted by molar-refractivity contribution is 5.26. The summed E-state index contributed by atoms with van der Waals surface area (Å²) in [5.74, 6) is 0.724. The number of benzene rings is 2. The highest BCUT2D eigenvalue weighted by Crippen LogP contribution is 2.34. The van der Waals surface area contributed by atoms with Gasteiger partial charge in [-0.05, 0) is 112 Å². The zero-order valence-electron chi connectivity index (χ0n) is 25.1. The van der Waals surface area contributed by atoms with E-state index < -0.39 is 12.1 Å². The van der Waals surface area contributed by atoms with E-state index in [1.54, 1.807) is 0 Å². The van der Waals surface area contributed by atoms with Gasteiger partial charge < -0.3 is 4.90 Å². The Hall–Kier alpha value is -1.89. The highest BCUT2D eigenvalue weighted by atomic mass is 19.4. The summed E-state index contributed by atoms with van der Waals surface area (Å²) >= 11 is 0. The number of alkyl halides is 3. The molecule has 0 aliphatic carbocycles. The number of halogens is 3. The molecule has 1 atom stereocenters. The summed E-state index contributed by atoms with van der Waals surface area (Å²) in [5, 5.41) is 0. The first-order valence-corrected chi connectivity index (χ1v) is 15.4. The molecule has 0 radical (unpaired) electrons. The van der Waals surface area contributed by atoms with Gasteiger partial charge in [0, 0.05) is 19.6 Å². The van der Waals surface area contributed by atoms with Crippen molar-refractivity contribution in [2.45, 2.75) is 84.0 Å². The average Bonchev–Trinajstić information content (AvgIpc) is 2.93. The summed E-state index contributed by atoms with van der Waals surface area (Å²) in [5.41, 5.74) is 5.38. The number of likely N-dealkylation sites (tertiary alicyclic amines) is 2. The molecule has 2 aromatic carbocycles. The van der Waals surface area contributed by atoms with E-state index in [1.807, 2.05) is 0 Å². The Bertz CT molecular complexity index is 1000. The van der Waals surface area contributed by atoms with Gasteiger partial charge in [0.1, 0.15) is 0 Å². The molecule has 3 nitrogen and oxygen atoms in total. The first-order chi connectivity index (χ1) is 19.1. The minimum absolute atomic E-state index is 0.220. The molecule has 0 aromatic heterocycles. The zero-order valence-corrected chi connectivity index (χ0v) is 25.1. The number of piperidine rings is 2. The monoisotopic (exact) mass is 557 g/mol. The summed E-state index contributed by atoms with van der Waals surface area (Å²) < 4.78 is 38.8. The van der Waals surface area contributed by atoms with Gasteiger partial charge in [-0.2, -0.15) is 13.2 Å². The molecule has 2 aliphatic heterocycles. The van der Waals surface area contributed by atoms with Crippen LogP contribution in [-0.4, -0.2) is 67.2 Å². The molecular weight excluding hydrogens is 507 g/mol. The maximum atomic E-state index is 12.9. The molecule has 0 saturated carbocycles. The van der Waals surface area contributed by atoms with Crippen LogP contribution < -0.4 is 0 Å². The van der Waals surface area contributed by atoms with E-state index in [4.69, 9.17) is 0 Å². The van der Waals surface area contributed by atoms with Crippen LogP contribution in [0.1, 0.15) is 87.0 Å². The minimum Gasteiger partial charge on any atom is -0.306 e. The fourth-order valence-corrected chi connectivity index (χ4v) is 6.33. The van der Waals surface area contributed by atoms with Crippen molar-refractivity contribution >= 4 is 0 Å². The van der Waals surface area contributed by atoms with Crippen molar-refractivity contribution in [1.82, 2.24) is 14.7 Å². The van der Waals surface area contributed by atoms with Crippen LogP contribution in [0.15, 0.2) is 48.5 Å². The lowest BCUT2D eigenvalue weighted by Gasteiger charge is -2.34. The van der Waals surface area contributed by atoms with Gasteiger partial charge >= 0.3 is 6.18 Å². The van der Waals surface area contributed by atoms with Gasteiger partial charge in [0.05, 0.1) is 5.92 Å². The third-order valence-corrected chi connectivity index (χ3v) is 9.28. The highest BCUT2D eigenvalue weighted by Gasteiger charge is 2.40. The molecule has 0 amide bonds. The molecule has 2 saturated heterocycles. The molecule has 4 rings (SSSR count). The van der Waals surface area contributed by atoms with Gasteiger partial charge in [-0.3, -0.25) is 9.80 Å². The topological polar surface area (TPSA) is 9.72 Å². The van der Waals surface area contributed by atoms with Gasteiger partial charge in [-0.25, -0.2) is 0 Å². The molecule has 222 valence electrons. The van der Waals surface area contributed by atoms with E-state index in [1.165, 1.54) is 54.7 Å². The van der Waals surface area contributed by atoms with E-state index in [-0.39, 0.29) is 12.8 Å². The second-order valence-corrected chi connectivity index (χ2v) is 12.9. The third-order valence-electron chi connectivity index (χ3n) is 9.28. The first-order valence-electron chi connectivity index (χ1n) is 15.4. The fraction of sp³-hybridized carbons (Fsp3) is 0.647. The van der Waals surface area contributed by atoms with E-state index in [0.717, 1.165) is 32.0 Å². The van der Waals surface area contributed by atoms with E-state index in [0.29, 0.717) is 24.9 Å². The Morgan fingerprint density at radius 2 is 1.23 bits per heavy atom. The van der Waals surface area contributed by atoms with Crippen LogP contribution in [-0.2, 0) is 13.1 Å². The maximum absolute atomic E-state index is 12.9. The van der Waals surface area contributed by atoms with Crippen molar-refractivity contribution in [2.75, 3.05) is 46.3 Å². The van der Waals surface area contributed by atoms with Crippen molar-refractivity contribution in [2.24, 2.45) is 11.8 Å². The van der Waals surface area contributed by atoms with E-state index in [2.05, 4.69) is 91.0 Å². The molecule has 2 aromatic rings. The molecule has 0 bridgehead atoms. The second kappa shape index (κ2) is 14.3. The van der Waals surface area contributed by atoms with Crippen LogP contribution in [0.3, 0.4) is 0 Å². The van der Waals surface area contributed by atoms with Crippen molar-refractivity contribution in [3.63, 3.8) is 0 Å². The van der Waals surface area contributed by atoms with Crippen LogP contribution in [0.4, 0.5) is 13.2 Å². The molecule has 0 spiro atoms. The third kappa shape index (κ3) is 9.32. The van der Waals surface area contributed by atoms with Crippen molar-refractivity contribution in [3.05, 3.63) is 70.8 Å². The summed E-state index contributed by atoms with van der Waals surface area (Å²) in [4.78, 5) is 7.28. The summed E-state index contributed by atoms with van der Waals surface area (Å²) in [6.45, 7) is 14.3. The lowest BCUT2D eigenvalue weighted by Crippen LogP contribution is -2.38. The van der Waals surface area contributed by atoms with Gasteiger partial charge in [0.15, 0.2) is 0 Å². The molecule has 6 heteroatoms. The van der Waals surface area contributed by atoms with Gasteiger partial charge in [-0.15, -0.1) is 0 Å². The van der Waals surface area contributed by atoms with Crippen LogP contribution in [0.25, 0.3) is 0 Å². The second-order valence-electron chi connectivity index (χ2n) is 12.9. The summed E-state index contributed by atoms with van der Waals surface area (Å²) in [6, 6.07) is 17.9. The molecular formula is C34H50F3N3. The van der Waals surface area contributed by atoms with Crippen molar-refractivity contribution < 1.29 is 13.2 Å². The van der Waals surface area contributed by atoms with Crippen LogP contribution >= 0.6 is 0 Å². The fourth-order valence-electron chi connectivity index (χ4n) is 6.33. The average molecular weight is 558 g/mol. The maximum Gasteiger partial charge on any atom is 0.391 e. The predicted molar refractivity (Wildman–Crippen MR) is 160 cm³/mol. The normalized spacial score (nSPS) is 19.5. The van der Waals surface area contributed by atoms with Gasteiger partial charge in [-0.1, -0.05) is 69.3 Å². The quantitative estimate of drug-likeness (QED) is 0.278. The van der Waals surface area contributed by atoms with E-state index in [9.17, 15) is 13.2 Å². The Morgan fingerprint density at radius 3 is 1.70 bits per heavy atom. The smallest absolute Gasteiger partial charge is 0.306 e. The summed E-state index contributed by atoms with van der Waals surface area (Å²) in [6.07, 6.45) is 0.0807. The Morgan fingerprint density at radius 1 is 0.750 bits per heavy atom. The molecule has 0 N–H and O–H groups in total. The standard InChI is InChI=1S/C34H50F3N3/c1-26(2)31-9-5-28(6-10-31)24-39-19-14-30(15-20-39)23-38(4)18-13-27(3)32-11-7-29(8-12-32)25-40-21-16-33(17-22-40)34(35,36)37/h5-12,26-27,30,33H,13-25H2,1-4H3/t27-/m0/s1.